The largest absolute Gasteiger partial charge is 0.465 e. The summed E-state index contributed by atoms with van der Waals surface area (Å²) in [4.78, 5) is 21.2. The maximum absolute atomic E-state index is 11.1. The Hall–Kier alpha value is -2.82. The first-order valence-electron chi connectivity index (χ1n) is 7.88. The molecule has 1 aromatic carbocycles. The summed E-state index contributed by atoms with van der Waals surface area (Å²) >= 11 is 0. The fourth-order valence-corrected chi connectivity index (χ4v) is 3.17. The van der Waals surface area contributed by atoms with Crippen molar-refractivity contribution in [2.75, 3.05) is 18.4 Å². The molecule has 1 fully saturated rings. The first-order chi connectivity index (χ1) is 11.5. The fourth-order valence-electron chi connectivity index (χ4n) is 3.17. The second-order valence-corrected chi connectivity index (χ2v) is 6.07. The first-order valence-corrected chi connectivity index (χ1v) is 7.88. The van der Waals surface area contributed by atoms with E-state index in [1.165, 1.54) is 18.2 Å². The molecule has 0 spiro atoms. The molecule has 0 saturated heterocycles. The number of hydrogen-bond acceptors (Lipinski definition) is 5. The van der Waals surface area contributed by atoms with E-state index in [0.717, 1.165) is 25.7 Å². The quantitative estimate of drug-likeness (QED) is 0.542. The molecular formula is C16H20N4O4. The van der Waals surface area contributed by atoms with Gasteiger partial charge in [-0.2, -0.15) is 5.26 Å². The summed E-state index contributed by atoms with van der Waals surface area (Å²) in [7, 11) is 0. The second kappa shape index (κ2) is 8.15. The highest BCUT2D eigenvalue weighted by Crippen LogP contribution is 2.31. The Balaban J connectivity index is 1.96. The van der Waals surface area contributed by atoms with Crippen LogP contribution in [-0.2, 0) is 0 Å². The highest BCUT2D eigenvalue weighted by Gasteiger charge is 2.23. The molecule has 2 atom stereocenters. The molecular weight excluding hydrogens is 312 g/mol. The molecule has 1 saturated carbocycles. The third-order valence-corrected chi connectivity index (χ3v) is 4.34. The Bertz CT molecular complexity index is 656. The zero-order chi connectivity index (χ0) is 17.5. The lowest BCUT2D eigenvalue weighted by atomic mass is 9.81. The van der Waals surface area contributed by atoms with Gasteiger partial charge in [0.25, 0.3) is 5.69 Å². The average molecular weight is 332 g/mol. The van der Waals surface area contributed by atoms with Crippen molar-refractivity contribution < 1.29 is 14.8 Å². The highest BCUT2D eigenvalue weighted by molar-refractivity contribution is 5.64. The van der Waals surface area contributed by atoms with Gasteiger partial charge in [0.1, 0.15) is 5.69 Å². The average Bonchev–Trinajstić information content (AvgIpc) is 2.58. The topological polar surface area (TPSA) is 128 Å². The molecule has 1 amide bonds. The van der Waals surface area contributed by atoms with Gasteiger partial charge in [-0.05, 0) is 43.2 Å². The normalized spacial score (nSPS) is 20.0. The predicted molar refractivity (Wildman–Crippen MR) is 87.8 cm³/mol. The lowest BCUT2D eigenvalue weighted by Crippen LogP contribution is -2.32. The van der Waals surface area contributed by atoms with Crippen LogP contribution in [0.3, 0.4) is 0 Å². The van der Waals surface area contributed by atoms with Gasteiger partial charge in [0.15, 0.2) is 0 Å². The van der Waals surface area contributed by atoms with Crippen LogP contribution < -0.4 is 10.6 Å². The van der Waals surface area contributed by atoms with Crippen LogP contribution in [-0.4, -0.2) is 29.2 Å². The number of nitro groups is 1. The van der Waals surface area contributed by atoms with Gasteiger partial charge in [-0.3, -0.25) is 10.1 Å². The molecule has 1 aromatic rings. The molecule has 0 aliphatic heterocycles. The predicted octanol–water partition coefficient (Wildman–Crippen LogP) is 2.95. The van der Waals surface area contributed by atoms with Crippen LogP contribution in [0.15, 0.2) is 18.2 Å². The Morgan fingerprint density at radius 3 is 2.71 bits per heavy atom. The minimum Gasteiger partial charge on any atom is -0.465 e. The third-order valence-electron chi connectivity index (χ3n) is 4.34. The molecule has 0 heterocycles. The molecule has 8 heteroatoms. The van der Waals surface area contributed by atoms with E-state index >= 15 is 0 Å². The van der Waals surface area contributed by atoms with E-state index in [4.69, 9.17) is 10.4 Å². The van der Waals surface area contributed by atoms with Gasteiger partial charge in [-0.25, -0.2) is 4.79 Å². The van der Waals surface area contributed by atoms with Crippen molar-refractivity contribution in [3.63, 3.8) is 0 Å². The summed E-state index contributed by atoms with van der Waals surface area (Å²) in [6, 6.07) is 6.23. The van der Waals surface area contributed by atoms with Gasteiger partial charge >= 0.3 is 6.09 Å². The highest BCUT2D eigenvalue weighted by atomic mass is 16.6. The lowest BCUT2D eigenvalue weighted by Gasteiger charge is -2.29. The van der Waals surface area contributed by atoms with E-state index in [0.29, 0.717) is 36.2 Å². The minimum absolute atomic E-state index is 0.0473. The summed E-state index contributed by atoms with van der Waals surface area (Å²) in [5, 5.41) is 34.2. The summed E-state index contributed by atoms with van der Waals surface area (Å²) in [5.74, 6) is 0.617. The second-order valence-electron chi connectivity index (χ2n) is 6.07. The summed E-state index contributed by atoms with van der Waals surface area (Å²) in [6.45, 7) is 1.01. The minimum atomic E-state index is -1.01. The number of hydrogen-bond donors (Lipinski definition) is 3. The van der Waals surface area contributed by atoms with Gasteiger partial charge in [0.05, 0.1) is 16.6 Å². The number of amides is 1. The monoisotopic (exact) mass is 332 g/mol. The van der Waals surface area contributed by atoms with Gasteiger partial charge in [0, 0.05) is 19.2 Å². The van der Waals surface area contributed by atoms with Crippen LogP contribution in [0.5, 0.6) is 0 Å². The molecule has 3 N–H and O–H groups in total. The molecule has 8 nitrogen and oxygen atoms in total. The van der Waals surface area contributed by atoms with Crippen molar-refractivity contribution in [3.05, 3.63) is 33.9 Å². The van der Waals surface area contributed by atoms with Crippen LogP contribution in [0.25, 0.3) is 0 Å². The molecule has 1 aliphatic carbocycles. The van der Waals surface area contributed by atoms with E-state index in [-0.39, 0.29) is 5.69 Å². The molecule has 128 valence electrons. The summed E-state index contributed by atoms with van der Waals surface area (Å²) < 4.78 is 0. The first kappa shape index (κ1) is 17.5. The van der Waals surface area contributed by atoms with Gasteiger partial charge < -0.3 is 15.7 Å². The van der Waals surface area contributed by atoms with E-state index in [2.05, 4.69) is 10.6 Å². The number of nitro benzene ring substituents is 1. The Kier molecular flexibility index (Phi) is 5.95. The van der Waals surface area contributed by atoms with Crippen molar-refractivity contribution in [3.8, 4) is 6.07 Å². The lowest BCUT2D eigenvalue weighted by molar-refractivity contribution is -0.384. The molecule has 0 radical (unpaired) electrons. The van der Waals surface area contributed by atoms with E-state index in [1.807, 2.05) is 6.07 Å². The number of nitrogens with zero attached hydrogens (tertiary/aromatic N) is 2. The standard InChI is InChI=1S/C16H20N4O4/c17-8-11-4-5-15(20(23)24)14(7-11)18-9-12-2-1-3-13(6-12)10-19-16(21)22/h4-5,7,12-13,18-19H,1-3,6,9-10H2,(H,21,22)/t12-,13+/m0/s1. The number of nitriles is 1. The number of nitrogens with one attached hydrogen (secondary N) is 2. The zero-order valence-corrected chi connectivity index (χ0v) is 13.2. The van der Waals surface area contributed by atoms with Crippen molar-refractivity contribution >= 4 is 17.5 Å². The van der Waals surface area contributed by atoms with Crippen molar-refractivity contribution in [2.24, 2.45) is 11.8 Å². The fraction of sp³-hybridized carbons (Fsp3) is 0.500. The Morgan fingerprint density at radius 2 is 2.08 bits per heavy atom. The number of carbonyl (C=O) groups is 1. The van der Waals surface area contributed by atoms with E-state index < -0.39 is 11.0 Å². The molecule has 0 unspecified atom stereocenters. The van der Waals surface area contributed by atoms with Crippen LogP contribution >= 0.6 is 0 Å². The maximum Gasteiger partial charge on any atom is 0.404 e. The Labute approximate surface area is 139 Å². The summed E-state index contributed by atoms with van der Waals surface area (Å²) in [6.07, 6.45) is 2.86. The van der Waals surface area contributed by atoms with Crippen molar-refractivity contribution in [2.45, 2.75) is 25.7 Å². The van der Waals surface area contributed by atoms with Crippen LogP contribution in [0.4, 0.5) is 16.2 Å². The molecule has 1 aliphatic rings. The molecule has 0 aromatic heterocycles. The van der Waals surface area contributed by atoms with Gasteiger partial charge in [-0.15, -0.1) is 0 Å². The van der Waals surface area contributed by atoms with E-state index in [9.17, 15) is 14.9 Å². The number of carboxylic acid groups (broad SMARTS) is 1. The van der Waals surface area contributed by atoms with Crippen LogP contribution in [0.1, 0.15) is 31.2 Å². The van der Waals surface area contributed by atoms with E-state index in [1.54, 1.807) is 0 Å². The summed E-state index contributed by atoms with van der Waals surface area (Å²) in [5.41, 5.74) is 0.675. The molecule has 24 heavy (non-hydrogen) atoms. The number of benzene rings is 1. The van der Waals surface area contributed by atoms with Crippen LogP contribution in [0.2, 0.25) is 0 Å². The van der Waals surface area contributed by atoms with Crippen LogP contribution in [0, 0.1) is 33.3 Å². The van der Waals surface area contributed by atoms with Gasteiger partial charge in [-0.1, -0.05) is 6.42 Å². The van der Waals surface area contributed by atoms with Gasteiger partial charge in [0.2, 0.25) is 0 Å². The molecule has 0 bridgehead atoms. The maximum atomic E-state index is 11.1. The van der Waals surface area contributed by atoms with Crippen molar-refractivity contribution in [1.82, 2.24) is 5.32 Å². The zero-order valence-electron chi connectivity index (χ0n) is 13.2. The number of rotatable bonds is 6. The third kappa shape index (κ3) is 4.84. The number of anilines is 1. The Morgan fingerprint density at radius 1 is 1.38 bits per heavy atom. The SMILES string of the molecule is N#Cc1ccc([N+](=O)[O-])c(NC[C@H]2CCC[C@@H](CNC(=O)O)C2)c1. The smallest absolute Gasteiger partial charge is 0.404 e. The van der Waals surface area contributed by atoms with Crippen molar-refractivity contribution in [1.29, 1.82) is 5.26 Å². The molecule has 2 rings (SSSR count).